The molecule has 0 atom stereocenters. The van der Waals surface area contributed by atoms with E-state index in [0.717, 1.165) is 16.5 Å². The summed E-state index contributed by atoms with van der Waals surface area (Å²) in [6.45, 7) is 1.81. The smallest absolute Gasteiger partial charge is 0.471 e. The number of alkyl halides is 3. The van der Waals surface area contributed by atoms with Gasteiger partial charge in [0.15, 0.2) is 11.5 Å². The molecule has 1 amide bonds. The number of rotatable bonds is 3. The summed E-state index contributed by atoms with van der Waals surface area (Å²) in [6.07, 6.45) is -4.11. The van der Waals surface area contributed by atoms with E-state index in [4.69, 9.17) is 5.11 Å². The Kier molecular flexibility index (Phi) is 3.89. The number of nitrogens with zero attached hydrogens (tertiary/aromatic N) is 2. The van der Waals surface area contributed by atoms with Crippen LogP contribution >= 0.6 is 0 Å². The van der Waals surface area contributed by atoms with E-state index in [-0.39, 0.29) is 0 Å². The number of anilines is 1. The van der Waals surface area contributed by atoms with Gasteiger partial charge in [-0.2, -0.15) is 13.2 Å². The molecular weight excluding hydrogens is 303 g/mol. The highest BCUT2D eigenvalue weighted by Gasteiger charge is 2.40. The van der Waals surface area contributed by atoms with Crippen molar-refractivity contribution in [3.05, 3.63) is 41.9 Å². The van der Waals surface area contributed by atoms with Gasteiger partial charge in [-0.15, -0.1) is 0 Å². The standard InChI is InChI=1S/C13H10F3N3O3/c1-7-2-4-8(5-3-7)19-6-17-9(11(20)21)10(19)18-12(22)13(14,15)16/h2-6H,1H3,(H,18,22)(H,20,21). The van der Waals surface area contributed by atoms with Crippen LogP contribution in [0.5, 0.6) is 0 Å². The summed E-state index contributed by atoms with van der Waals surface area (Å²) in [7, 11) is 0. The molecule has 0 aliphatic carbocycles. The molecule has 0 unspecified atom stereocenters. The fraction of sp³-hybridized carbons (Fsp3) is 0.154. The van der Waals surface area contributed by atoms with Crippen molar-refractivity contribution >= 4 is 17.7 Å². The Balaban J connectivity index is 2.49. The molecule has 116 valence electrons. The Bertz CT molecular complexity index is 720. The number of nitrogens with one attached hydrogen (secondary N) is 1. The lowest BCUT2D eigenvalue weighted by molar-refractivity contribution is -0.167. The fourth-order valence-corrected chi connectivity index (χ4v) is 1.70. The highest BCUT2D eigenvalue weighted by atomic mass is 19.4. The van der Waals surface area contributed by atoms with Gasteiger partial charge in [-0.05, 0) is 19.1 Å². The summed E-state index contributed by atoms with van der Waals surface area (Å²) < 4.78 is 38.2. The van der Waals surface area contributed by atoms with Gasteiger partial charge in [0.25, 0.3) is 0 Å². The van der Waals surface area contributed by atoms with Gasteiger partial charge in [-0.1, -0.05) is 17.7 Å². The van der Waals surface area contributed by atoms with Crippen LogP contribution in [0.1, 0.15) is 16.1 Å². The van der Waals surface area contributed by atoms with E-state index in [1.54, 1.807) is 29.6 Å². The third-order valence-electron chi connectivity index (χ3n) is 2.77. The van der Waals surface area contributed by atoms with E-state index in [0.29, 0.717) is 5.69 Å². The summed E-state index contributed by atoms with van der Waals surface area (Å²) in [4.78, 5) is 25.6. The van der Waals surface area contributed by atoms with Crippen molar-refractivity contribution in [3.8, 4) is 5.69 Å². The summed E-state index contributed by atoms with van der Waals surface area (Å²) >= 11 is 0. The van der Waals surface area contributed by atoms with Crippen LogP contribution in [-0.4, -0.2) is 32.7 Å². The van der Waals surface area contributed by atoms with Crippen molar-refractivity contribution in [1.82, 2.24) is 9.55 Å². The summed E-state index contributed by atoms with van der Waals surface area (Å²) in [5.74, 6) is -4.38. The van der Waals surface area contributed by atoms with E-state index >= 15 is 0 Å². The minimum Gasteiger partial charge on any atom is -0.476 e. The van der Waals surface area contributed by atoms with Crippen molar-refractivity contribution in [2.45, 2.75) is 13.1 Å². The molecule has 6 nitrogen and oxygen atoms in total. The Labute approximate surface area is 122 Å². The average Bonchev–Trinajstić information content (AvgIpc) is 2.82. The molecule has 0 aliphatic rings. The van der Waals surface area contributed by atoms with Gasteiger partial charge in [-0.25, -0.2) is 9.78 Å². The number of carboxylic acids is 1. The molecule has 0 bridgehead atoms. The first kappa shape index (κ1) is 15.5. The predicted molar refractivity (Wildman–Crippen MR) is 69.9 cm³/mol. The molecule has 0 radical (unpaired) electrons. The van der Waals surface area contributed by atoms with Crippen LogP contribution in [0.15, 0.2) is 30.6 Å². The van der Waals surface area contributed by atoms with E-state index < -0.39 is 29.6 Å². The van der Waals surface area contributed by atoms with Crippen LogP contribution in [0.25, 0.3) is 5.69 Å². The number of hydrogen-bond donors (Lipinski definition) is 2. The van der Waals surface area contributed by atoms with Crippen LogP contribution < -0.4 is 5.32 Å². The Morgan fingerprint density at radius 2 is 1.82 bits per heavy atom. The monoisotopic (exact) mass is 313 g/mol. The molecule has 9 heteroatoms. The molecule has 1 heterocycles. The molecular formula is C13H10F3N3O3. The second-order valence-electron chi connectivity index (χ2n) is 4.40. The number of benzene rings is 1. The molecule has 0 saturated carbocycles. The van der Waals surface area contributed by atoms with Crippen molar-refractivity contribution in [2.75, 3.05) is 5.32 Å². The van der Waals surface area contributed by atoms with E-state index in [9.17, 15) is 22.8 Å². The number of carbonyl (C=O) groups is 2. The van der Waals surface area contributed by atoms with Gasteiger partial charge < -0.3 is 10.4 Å². The maximum Gasteiger partial charge on any atom is 0.471 e. The van der Waals surface area contributed by atoms with Crippen LogP contribution in [0.4, 0.5) is 19.0 Å². The molecule has 1 aromatic carbocycles. The normalized spacial score (nSPS) is 11.3. The van der Waals surface area contributed by atoms with Crippen LogP contribution in [0, 0.1) is 6.92 Å². The maximum atomic E-state index is 12.4. The third-order valence-corrected chi connectivity index (χ3v) is 2.77. The minimum atomic E-state index is -5.14. The number of aryl methyl sites for hydroxylation is 1. The molecule has 0 spiro atoms. The number of amides is 1. The highest BCUT2D eigenvalue weighted by Crippen LogP contribution is 2.24. The number of carbonyl (C=O) groups excluding carboxylic acids is 1. The first-order valence-electron chi connectivity index (χ1n) is 5.96. The number of aromatic nitrogens is 2. The lowest BCUT2D eigenvalue weighted by Crippen LogP contribution is -2.31. The Morgan fingerprint density at radius 3 is 2.32 bits per heavy atom. The molecule has 2 N–H and O–H groups in total. The SMILES string of the molecule is Cc1ccc(-n2cnc(C(=O)O)c2NC(=O)C(F)(F)F)cc1. The van der Waals surface area contributed by atoms with Crippen molar-refractivity contribution in [3.63, 3.8) is 0 Å². The number of carboxylic acid groups (broad SMARTS) is 1. The molecule has 0 aliphatic heterocycles. The zero-order chi connectivity index (χ0) is 16.5. The van der Waals surface area contributed by atoms with Crippen molar-refractivity contribution in [1.29, 1.82) is 0 Å². The predicted octanol–water partition coefficient (Wildman–Crippen LogP) is 2.38. The van der Waals surface area contributed by atoms with E-state index in [1.807, 2.05) is 6.92 Å². The lowest BCUT2D eigenvalue weighted by Gasteiger charge is -2.12. The highest BCUT2D eigenvalue weighted by molar-refractivity contribution is 6.00. The molecule has 1 aromatic heterocycles. The average molecular weight is 313 g/mol. The first-order chi connectivity index (χ1) is 10.2. The zero-order valence-electron chi connectivity index (χ0n) is 11.2. The number of aromatic carboxylic acids is 1. The van der Waals surface area contributed by atoms with Gasteiger partial charge in [-0.3, -0.25) is 9.36 Å². The first-order valence-corrected chi connectivity index (χ1v) is 5.96. The quantitative estimate of drug-likeness (QED) is 0.911. The van der Waals surface area contributed by atoms with Gasteiger partial charge >= 0.3 is 18.1 Å². The van der Waals surface area contributed by atoms with Crippen LogP contribution in [-0.2, 0) is 4.79 Å². The summed E-state index contributed by atoms with van der Waals surface area (Å²) in [5, 5.41) is 10.5. The molecule has 2 aromatic rings. The molecule has 0 saturated heterocycles. The van der Waals surface area contributed by atoms with Crippen LogP contribution in [0.3, 0.4) is 0 Å². The molecule has 2 rings (SSSR count). The van der Waals surface area contributed by atoms with Crippen molar-refractivity contribution < 1.29 is 27.9 Å². The second-order valence-corrected chi connectivity index (χ2v) is 4.40. The summed E-state index contributed by atoms with van der Waals surface area (Å²) in [6, 6.07) is 6.49. The molecule has 22 heavy (non-hydrogen) atoms. The number of hydrogen-bond acceptors (Lipinski definition) is 3. The van der Waals surface area contributed by atoms with Gasteiger partial charge in [0, 0.05) is 5.69 Å². The number of halogens is 3. The van der Waals surface area contributed by atoms with Gasteiger partial charge in [0.05, 0.1) is 0 Å². The summed E-state index contributed by atoms with van der Waals surface area (Å²) in [5.41, 5.74) is 0.587. The second kappa shape index (κ2) is 5.51. The fourth-order valence-electron chi connectivity index (χ4n) is 1.70. The van der Waals surface area contributed by atoms with Gasteiger partial charge in [0.1, 0.15) is 6.33 Å². The Hall–Kier alpha value is -2.84. The molecule has 0 fully saturated rings. The zero-order valence-corrected chi connectivity index (χ0v) is 11.2. The minimum absolute atomic E-state index is 0.364. The van der Waals surface area contributed by atoms with Gasteiger partial charge in [0.2, 0.25) is 0 Å². The Morgan fingerprint density at radius 1 is 1.23 bits per heavy atom. The van der Waals surface area contributed by atoms with E-state index in [1.165, 1.54) is 0 Å². The lowest BCUT2D eigenvalue weighted by atomic mass is 10.2. The number of imidazole rings is 1. The third kappa shape index (κ3) is 3.08. The van der Waals surface area contributed by atoms with Crippen LogP contribution in [0.2, 0.25) is 0 Å². The van der Waals surface area contributed by atoms with Crippen molar-refractivity contribution in [2.24, 2.45) is 0 Å². The maximum absolute atomic E-state index is 12.4. The largest absolute Gasteiger partial charge is 0.476 e. The van der Waals surface area contributed by atoms with E-state index in [2.05, 4.69) is 4.98 Å². The topological polar surface area (TPSA) is 84.2 Å².